The van der Waals surface area contributed by atoms with Crippen LogP contribution in [0.25, 0.3) is 11.1 Å². The van der Waals surface area contributed by atoms with E-state index in [4.69, 9.17) is 4.42 Å². The maximum atomic E-state index is 13.7. The number of nitrogens with one attached hydrogen (secondary N) is 1. The summed E-state index contributed by atoms with van der Waals surface area (Å²) in [5.74, 6) is -4.22. The third-order valence-electron chi connectivity index (χ3n) is 4.80. The van der Waals surface area contributed by atoms with Gasteiger partial charge in [-0.15, -0.1) is 0 Å². The van der Waals surface area contributed by atoms with E-state index >= 15 is 0 Å². The van der Waals surface area contributed by atoms with Crippen molar-refractivity contribution in [2.24, 2.45) is 0 Å². The highest BCUT2D eigenvalue weighted by molar-refractivity contribution is 6.04. The van der Waals surface area contributed by atoms with E-state index in [1.165, 1.54) is 12.1 Å². The van der Waals surface area contributed by atoms with Crippen LogP contribution in [0.5, 0.6) is 0 Å². The number of halogens is 5. The zero-order valence-corrected chi connectivity index (χ0v) is 15.3. The van der Waals surface area contributed by atoms with Gasteiger partial charge in [0.15, 0.2) is 11.6 Å². The van der Waals surface area contributed by atoms with Crippen LogP contribution >= 0.6 is 0 Å². The molecule has 1 aliphatic carbocycles. The lowest BCUT2D eigenvalue weighted by atomic mass is 9.92. The summed E-state index contributed by atoms with van der Waals surface area (Å²) in [7, 11) is 0. The molecule has 3 heterocycles. The number of furan rings is 1. The van der Waals surface area contributed by atoms with Crippen molar-refractivity contribution < 1.29 is 31.2 Å². The fourth-order valence-corrected chi connectivity index (χ4v) is 3.49. The summed E-state index contributed by atoms with van der Waals surface area (Å²) in [4.78, 5) is 19.3. The quantitative estimate of drug-likeness (QED) is 0.591. The van der Waals surface area contributed by atoms with Crippen molar-refractivity contribution in [1.29, 1.82) is 0 Å². The highest BCUT2D eigenvalue weighted by Gasteiger charge is 2.41. The van der Waals surface area contributed by atoms with Crippen molar-refractivity contribution in [1.82, 2.24) is 9.97 Å². The average molecular weight is 423 g/mol. The van der Waals surface area contributed by atoms with Crippen molar-refractivity contribution in [3.05, 3.63) is 65.0 Å². The Hall–Kier alpha value is -3.30. The third kappa shape index (κ3) is 3.64. The van der Waals surface area contributed by atoms with Gasteiger partial charge in [0.2, 0.25) is 5.76 Å². The predicted octanol–water partition coefficient (Wildman–Crippen LogP) is 5.16. The van der Waals surface area contributed by atoms with E-state index in [0.29, 0.717) is 36.6 Å². The van der Waals surface area contributed by atoms with E-state index in [1.54, 1.807) is 0 Å². The topological polar surface area (TPSA) is 68.0 Å². The van der Waals surface area contributed by atoms with Gasteiger partial charge in [0, 0.05) is 29.3 Å². The minimum atomic E-state index is -4.67. The van der Waals surface area contributed by atoms with E-state index in [1.807, 2.05) is 0 Å². The van der Waals surface area contributed by atoms with Gasteiger partial charge in [-0.3, -0.25) is 9.78 Å². The fraction of sp³-hybridized carbons (Fsp3) is 0.250. The number of carbonyl (C=O) groups excluding carboxylic acids is 1. The molecule has 0 atom stereocenters. The first kappa shape index (κ1) is 20.0. The largest absolute Gasteiger partial charge is 0.456 e. The van der Waals surface area contributed by atoms with Gasteiger partial charge in [0.25, 0.3) is 5.91 Å². The van der Waals surface area contributed by atoms with E-state index in [9.17, 15) is 26.7 Å². The summed E-state index contributed by atoms with van der Waals surface area (Å²) >= 11 is 0. The van der Waals surface area contributed by atoms with Gasteiger partial charge >= 0.3 is 6.18 Å². The second-order valence-electron chi connectivity index (χ2n) is 6.78. The van der Waals surface area contributed by atoms with E-state index < -0.39 is 35.0 Å². The molecule has 0 unspecified atom stereocenters. The monoisotopic (exact) mass is 423 g/mol. The summed E-state index contributed by atoms with van der Waals surface area (Å²) in [5.41, 5.74) is -0.213. The van der Waals surface area contributed by atoms with Crippen LogP contribution in [0.2, 0.25) is 0 Å². The van der Waals surface area contributed by atoms with Crippen LogP contribution < -0.4 is 5.32 Å². The number of aryl methyl sites for hydroxylation is 1. The van der Waals surface area contributed by atoms with E-state index in [2.05, 4.69) is 15.3 Å². The number of aromatic nitrogens is 2. The molecule has 30 heavy (non-hydrogen) atoms. The van der Waals surface area contributed by atoms with E-state index in [-0.39, 0.29) is 16.9 Å². The summed E-state index contributed by atoms with van der Waals surface area (Å²) < 4.78 is 72.9. The molecular formula is C20H14F5N3O2. The number of hydrogen-bond acceptors (Lipinski definition) is 4. The number of rotatable bonds is 3. The van der Waals surface area contributed by atoms with Gasteiger partial charge in [-0.25, -0.2) is 13.8 Å². The molecule has 4 rings (SSSR count). The molecule has 1 aliphatic rings. The summed E-state index contributed by atoms with van der Waals surface area (Å²) in [6, 6.07) is 2.60. The third-order valence-corrected chi connectivity index (χ3v) is 4.80. The number of amides is 1. The van der Waals surface area contributed by atoms with Gasteiger partial charge in [-0.2, -0.15) is 13.2 Å². The Balaban J connectivity index is 1.65. The highest BCUT2D eigenvalue weighted by Crippen LogP contribution is 2.44. The fourth-order valence-electron chi connectivity index (χ4n) is 3.49. The van der Waals surface area contributed by atoms with Crippen molar-refractivity contribution >= 4 is 11.7 Å². The molecule has 0 spiro atoms. The molecule has 0 saturated carbocycles. The van der Waals surface area contributed by atoms with Crippen LogP contribution in [0.1, 0.15) is 40.3 Å². The van der Waals surface area contributed by atoms with Crippen molar-refractivity contribution in [3.63, 3.8) is 0 Å². The number of nitrogens with zero attached hydrogens (tertiary/aromatic N) is 2. The van der Waals surface area contributed by atoms with Gasteiger partial charge in [-0.1, -0.05) is 0 Å². The number of hydrogen-bond donors (Lipinski definition) is 1. The molecular weight excluding hydrogens is 409 g/mol. The Morgan fingerprint density at radius 3 is 2.37 bits per heavy atom. The van der Waals surface area contributed by atoms with Crippen molar-refractivity contribution in [2.75, 3.05) is 5.32 Å². The Kier molecular flexibility index (Phi) is 5.00. The van der Waals surface area contributed by atoms with Gasteiger partial charge in [-0.05, 0) is 31.4 Å². The number of carbonyl (C=O) groups is 1. The molecule has 156 valence electrons. The molecule has 0 aromatic carbocycles. The SMILES string of the molecule is O=C(Nc1ccc(-c2c(C(F)(F)F)oc3c2CCCC3)cn1)c1c(F)cncc1F. The Bertz CT molecular complexity index is 1090. The van der Waals surface area contributed by atoms with E-state index in [0.717, 1.165) is 19.0 Å². The van der Waals surface area contributed by atoms with Crippen molar-refractivity contribution in [3.8, 4) is 11.1 Å². The van der Waals surface area contributed by atoms with Gasteiger partial charge in [0.05, 0.1) is 12.4 Å². The van der Waals surface area contributed by atoms with Crippen molar-refractivity contribution in [2.45, 2.75) is 31.9 Å². The Morgan fingerprint density at radius 2 is 1.73 bits per heavy atom. The molecule has 3 aromatic heterocycles. The molecule has 1 N–H and O–H groups in total. The molecule has 0 saturated heterocycles. The maximum Gasteiger partial charge on any atom is 0.450 e. The van der Waals surface area contributed by atoms with Crippen LogP contribution in [0.15, 0.2) is 35.1 Å². The lowest BCUT2D eigenvalue weighted by Crippen LogP contribution is -2.17. The minimum Gasteiger partial charge on any atom is -0.456 e. The maximum absolute atomic E-state index is 13.7. The standard InChI is InChI=1S/C20H14F5N3O2/c21-12-8-26-9-13(22)17(12)19(29)28-15-6-5-10(7-27-15)16-11-3-1-2-4-14(11)30-18(16)20(23,24)25/h5-9H,1-4H2,(H,27,28,29). The first-order valence-corrected chi connectivity index (χ1v) is 9.04. The predicted molar refractivity (Wildman–Crippen MR) is 95.7 cm³/mol. The summed E-state index contributed by atoms with van der Waals surface area (Å²) in [6.07, 6.45) is 0.265. The molecule has 0 radical (unpaired) electrons. The number of alkyl halides is 3. The molecule has 5 nitrogen and oxygen atoms in total. The zero-order chi connectivity index (χ0) is 21.5. The Morgan fingerprint density at radius 1 is 1.03 bits per heavy atom. The van der Waals surface area contributed by atoms with Gasteiger partial charge < -0.3 is 9.73 Å². The number of anilines is 1. The minimum absolute atomic E-state index is 0.0613. The molecule has 0 bridgehead atoms. The molecule has 0 aliphatic heterocycles. The average Bonchev–Trinajstić information content (AvgIpc) is 3.09. The second kappa shape index (κ2) is 7.51. The van der Waals surface area contributed by atoms with Crippen LogP contribution in [0, 0.1) is 11.6 Å². The number of fused-ring (bicyclic) bond motifs is 1. The van der Waals surface area contributed by atoms with Crippen LogP contribution in [0.3, 0.4) is 0 Å². The Labute approximate surface area is 167 Å². The van der Waals surface area contributed by atoms with Crippen LogP contribution in [-0.4, -0.2) is 15.9 Å². The molecule has 1 amide bonds. The first-order valence-electron chi connectivity index (χ1n) is 9.04. The number of pyridine rings is 2. The molecule has 3 aromatic rings. The lowest BCUT2D eigenvalue weighted by molar-refractivity contribution is -0.152. The van der Waals surface area contributed by atoms with Gasteiger partial charge in [0.1, 0.15) is 17.1 Å². The van der Waals surface area contributed by atoms with Crippen LogP contribution in [0.4, 0.5) is 27.8 Å². The normalized spacial score (nSPS) is 13.8. The smallest absolute Gasteiger partial charge is 0.450 e. The highest BCUT2D eigenvalue weighted by atomic mass is 19.4. The second-order valence-corrected chi connectivity index (χ2v) is 6.78. The molecule has 0 fully saturated rings. The summed E-state index contributed by atoms with van der Waals surface area (Å²) in [5, 5.41) is 2.22. The van der Waals surface area contributed by atoms with Crippen LogP contribution in [-0.2, 0) is 19.0 Å². The molecule has 10 heteroatoms. The zero-order valence-electron chi connectivity index (χ0n) is 15.3. The lowest BCUT2D eigenvalue weighted by Gasteiger charge is -2.12. The summed E-state index contributed by atoms with van der Waals surface area (Å²) in [6.45, 7) is 0. The first-order chi connectivity index (χ1) is 14.3.